The number of alkyl halides is 3. The van der Waals surface area contributed by atoms with Crippen molar-refractivity contribution in [1.29, 1.82) is 0 Å². The third kappa shape index (κ3) is 5.92. The van der Waals surface area contributed by atoms with E-state index in [4.69, 9.17) is 4.74 Å². The van der Waals surface area contributed by atoms with Crippen LogP contribution in [0.5, 0.6) is 0 Å². The van der Waals surface area contributed by atoms with Gasteiger partial charge in [0.1, 0.15) is 16.5 Å². The van der Waals surface area contributed by atoms with Crippen molar-refractivity contribution < 1.29 is 27.5 Å². The van der Waals surface area contributed by atoms with Gasteiger partial charge in [-0.2, -0.15) is 13.2 Å². The Bertz CT molecular complexity index is 549. The predicted molar refractivity (Wildman–Crippen MR) is 76.8 cm³/mol. The fourth-order valence-corrected chi connectivity index (χ4v) is 2.11. The lowest BCUT2D eigenvalue weighted by molar-refractivity contribution is -0.134. The minimum atomic E-state index is -4.45. The summed E-state index contributed by atoms with van der Waals surface area (Å²) in [5, 5.41) is 4.67. The summed E-state index contributed by atoms with van der Waals surface area (Å²) in [6.45, 7) is 6.41. The monoisotopic (exact) mass is 338 g/mol. The smallest absolute Gasteiger partial charge is 0.425 e. The van der Waals surface area contributed by atoms with Gasteiger partial charge in [-0.1, -0.05) is 0 Å². The van der Waals surface area contributed by atoms with Gasteiger partial charge in [-0.3, -0.25) is 4.79 Å². The third-order valence-electron chi connectivity index (χ3n) is 2.26. The Morgan fingerprint density at radius 3 is 2.27 bits per heavy atom. The van der Waals surface area contributed by atoms with Crippen LogP contribution in [-0.2, 0) is 15.7 Å². The molecule has 0 aliphatic rings. The zero-order valence-corrected chi connectivity index (χ0v) is 13.3. The molecule has 124 valence electrons. The van der Waals surface area contributed by atoms with E-state index in [1.54, 1.807) is 20.8 Å². The number of nitrogens with one attached hydrogen (secondary N) is 2. The van der Waals surface area contributed by atoms with Gasteiger partial charge in [-0.05, 0) is 39.8 Å². The standard InChI is InChI=1S/C13H17F3N2O3S/c1-7(17-11(20)21-12(2,3)4)10(19)18-9-6-5-8(22-9)13(14,15)16/h5-7H,1-4H3,(H,17,20)(H,18,19)/t7-/m0/s1. The number of hydrogen-bond acceptors (Lipinski definition) is 4. The quantitative estimate of drug-likeness (QED) is 0.884. The maximum atomic E-state index is 12.5. The number of anilines is 1. The van der Waals surface area contributed by atoms with Gasteiger partial charge in [0.15, 0.2) is 0 Å². The highest BCUT2D eigenvalue weighted by molar-refractivity contribution is 7.16. The van der Waals surface area contributed by atoms with Gasteiger partial charge in [0, 0.05) is 0 Å². The molecular weight excluding hydrogens is 321 g/mol. The van der Waals surface area contributed by atoms with Crippen LogP contribution in [-0.4, -0.2) is 23.6 Å². The number of hydrogen-bond donors (Lipinski definition) is 2. The molecule has 0 radical (unpaired) electrons. The Morgan fingerprint density at radius 1 is 1.23 bits per heavy atom. The lowest BCUT2D eigenvalue weighted by Crippen LogP contribution is -2.43. The molecule has 2 N–H and O–H groups in total. The van der Waals surface area contributed by atoms with Crippen LogP contribution in [0.25, 0.3) is 0 Å². The molecule has 0 spiro atoms. The van der Waals surface area contributed by atoms with Gasteiger partial charge in [0.25, 0.3) is 0 Å². The van der Waals surface area contributed by atoms with Crippen LogP contribution in [0, 0.1) is 0 Å². The van der Waals surface area contributed by atoms with Gasteiger partial charge in [0.2, 0.25) is 5.91 Å². The van der Waals surface area contributed by atoms with Gasteiger partial charge in [-0.15, -0.1) is 11.3 Å². The highest BCUT2D eigenvalue weighted by Gasteiger charge is 2.32. The first-order valence-electron chi connectivity index (χ1n) is 6.36. The summed E-state index contributed by atoms with van der Waals surface area (Å²) in [5.74, 6) is -0.638. The van der Waals surface area contributed by atoms with Gasteiger partial charge < -0.3 is 15.4 Å². The van der Waals surface area contributed by atoms with E-state index in [2.05, 4.69) is 10.6 Å². The average molecular weight is 338 g/mol. The van der Waals surface area contributed by atoms with Crippen LogP contribution in [0.15, 0.2) is 12.1 Å². The molecular formula is C13H17F3N2O3S. The highest BCUT2D eigenvalue weighted by atomic mass is 32.1. The minimum absolute atomic E-state index is 0.0511. The third-order valence-corrected chi connectivity index (χ3v) is 3.30. The summed E-state index contributed by atoms with van der Waals surface area (Å²) >= 11 is 0.414. The number of ether oxygens (including phenoxy) is 1. The lowest BCUT2D eigenvalue weighted by atomic mass is 10.2. The fraction of sp³-hybridized carbons (Fsp3) is 0.538. The minimum Gasteiger partial charge on any atom is -0.444 e. The molecule has 0 fully saturated rings. The van der Waals surface area contributed by atoms with E-state index in [1.807, 2.05) is 0 Å². The highest BCUT2D eigenvalue weighted by Crippen LogP contribution is 2.36. The van der Waals surface area contributed by atoms with Gasteiger partial charge in [-0.25, -0.2) is 4.79 Å². The van der Waals surface area contributed by atoms with Crippen LogP contribution in [0.3, 0.4) is 0 Å². The zero-order valence-electron chi connectivity index (χ0n) is 12.5. The summed E-state index contributed by atoms with van der Waals surface area (Å²) in [7, 11) is 0. The number of rotatable bonds is 3. The molecule has 0 aromatic carbocycles. The van der Waals surface area contributed by atoms with Crippen molar-refractivity contribution in [3.8, 4) is 0 Å². The van der Waals surface area contributed by atoms with Gasteiger partial charge >= 0.3 is 12.3 Å². The molecule has 1 aromatic rings. The molecule has 0 saturated heterocycles. The summed E-state index contributed by atoms with van der Waals surface area (Å²) in [5.41, 5.74) is -0.713. The normalized spacial score (nSPS) is 13.4. The van der Waals surface area contributed by atoms with Crippen LogP contribution in [0.2, 0.25) is 0 Å². The Hall–Kier alpha value is -1.77. The number of alkyl carbamates (subject to hydrolysis) is 1. The zero-order chi connectivity index (χ0) is 17.1. The van der Waals surface area contributed by atoms with Crippen LogP contribution >= 0.6 is 11.3 Å². The SMILES string of the molecule is C[C@H](NC(=O)OC(C)(C)C)C(=O)Nc1ccc(C(F)(F)F)s1. The van der Waals surface area contributed by atoms with Crippen molar-refractivity contribution in [3.05, 3.63) is 17.0 Å². The average Bonchev–Trinajstić information content (AvgIpc) is 2.74. The second kappa shape index (κ2) is 6.55. The molecule has 1 heterocycles. The Morgan fingerprint density at radius 2 is 1.82 bits per heavy atom. The van der Waals surface area contributed by atoms with E-state index >= 15 is 0 Å². The predicted octanol–water partition coefficient (Wildman–Crippen LogP) is 3.62. The number of amides is 2. The van der Waals surface area contributed by atoms with Crippen molar-refractivity contribution >= 4 is 28.3 Å². The number of carbonyl (C=O) groups excluding carboxylic acids is 2. The number of thiophene rings is 1. The first kappa shape index (κ1) is 18.3. The fourth-order valence-electron chi connectivity index (χ4n) is 1.34. The molecule has 9 heteroatoms. The molecule has 0 unspecified atom stereocenters. The Kier molecular flexibility index (Phi) is 5.44. The second-order valence-electron chi connectivity index (χ2n) is 5.52. The van der Waals surface area contributed by atoms with Crippen molar-refractivity contribution in [3.63, 3.8) is 0 Å². The molecule has 0 aliphatic heterocycles. The summed E-state index contributed by atoms with van der Waals surface area (Å²) in [6.07, 6.45) is -5.23. The Labute approximate surface area is 129 Å². The summed E-state index contributed by atoms with van der Waals surface area (Å²) in [4.78, 5) is 22.5. The van der Waals surface area contributed by atoms with E-state index in [0.717, 1.165) is 12.1 Å². The second-order valence-corrected chi connectivity index (χ2v) is 6.60. The van der Waals surface area contributed by atoms with Crippen molar-refractivity contribution in [1.82, 2.24) is 5.32 Å². The molecule has 0 aliphatic carbocycles. The summed E-state index contributed by atoms with van der Waals surface area (Å²) < 4.78 is 42.3. The number of halogens is 3. The first-order valence-corrected chi connectivity index (χ1v) is 7.17. The van der Waals surface area contributed by atoms with Gasteiger partial charge in [0.05, 0.1) is 5.00 Å². The molecule has 0 saturated carbocycles. The molecule has 2 amide bonds. The molecule has 0 bridgehead atoms. The number of carbonyl (C=O) groups is 2. The largest absolute Gasteiger partial charge is 0.444 e. The molecule has 1 aromatic heterocycles. The topological polar surface area (TPSA) is 67.4 Å². The van der Waals surface area contributed by atoms with Crippen molar-refractivity contribution in [2.45, 2.75) is 45.5 Å². The van der Waals surface area contributed by atoms with Crippen LogP contribution in [0.4, 0.5) is 23.0 Å². The molecule has 22 heavy (non-hydrogen) atoms. The van der Waals surface area contributed by atoms with Crippen molar-refractivity contribution in [2.75, 3.05) is 5.32 Å². The molecule has 5 nitrogen and oxygen atoms in total. The van der Waals surface area contributed by atoms with E-state index in [0.29, 0.717) is 11.3 Å². The molecule has 1 rings (SSSR count). The van der Waals surface area contributed by atoms with Crippen LogP contribution in [0.1, 0.15) is 32.6 Å². The van der Waals surface area contributed by atoms with E-state index in [1.165, 1.54) is 6.92 Å². The maximum absolute atomic E-state index is 12.5. The van der Waals surface area contributed by atoms with Crippen molar-refractivity contribution in [2.24, 2.45) is 0 Å². The van der Waals surface area contributed by atoms with E-state index in [9.17, 15) is 22.8 Å². The maximum Gasteiger partial charge on any atom is 0.425 e. The Balaban J connectivity index is 2.58. The lowest BCUT2D eigenvalue weighted by Gasteiger charge is -2.21. The van der Waals surface area contributed by atoms with E-state index < -0.39 is 34.7 Å². The van der Waals surface area contributed by atoms with Crippen LogP contribution < -0.4 is 10.6 Å². The first-order chi connectivity index (χ1) is 9.88. The molecule has 1 atom stereocenters. The van der Waals surface area contributed by atoms with E-state index in [-0.39, 0.29) is 5.00 Å². The summed E-state index contributed by atoms with van der Waals surface area (Å²) in [6, 6.07) is 1.09.